The highest BCUT2D eigenvalue weighted by Gasteiger charge is 2.33. The van der Waals surface area contributed by atoms with Crippen LogP contribution in [0.15, 0.2) is 95.5 Å². The summed E-state index contributed by atoms with van der Waals surface area (Å²) in [6.45, 7) is 2.39. The van der Waals surface area contributed by atoms with E-state index in [2.05, 4.69) is 10.6 Å². The smallest absolute Gasteiger partial charge is 0.286 e. The van der Waals surface area contributed by atoms with Gasteiger partial charge in [0.25, 0.3) is 11.5 Å². The van der Waals surface area contributed by atoms with Gasteiger partial charge in [0.05, 0.1) is 30.3 Å². The summed E-state index contributed by atoms with van der Waals surface area (Å²) in [5, 5.41) is 15.0. The molecule has 1 aliphatic rings. The first-order valence-corrected chi connectivity index (χ1v) is 15.7. The van der Waals surface area contributed by atoms with Crippen LogP contribution in [0.4, 0.5) is 11.4 Å². The molecule has 0 radical (unpaired) electrons. The maximum absolute atomic E-state index is 13.8. The van der Waals surface area contributed by atoms with Crippen molar-refractivity contribution >= 4 is 23.2 Å². The molecule has 0 aliphatic carbocycles. The van der Waals surface area contributed by atoms with Gasteiger partial charge in [0, 0.05) is 43.6 Å². The van der Waals surface area contributed by atoms with Crippen LogP contribution < -0.4 is 21.9 Å². The lowest BCUT2D eigenvalue weighted by Gasteiger charge is -2.29. The van der Waals surface area contributed by atoms with Crippen LogP contribution in [0, 0.1) is 6.92 Å². The number of carbonyl (C=O) groups is 2. The molecular formula is C36H41N5O6. The quantitative estimate of drug-likeness (QED) is 0.125. The molecule has 0 spiro atoms. The molecule has 1 aromatic heterocycles. The zero-order chi connectivity index (χ0) is 33.3. The van der Waals surface area contributed by atoms with Gasteiger partial charge in [-0.25, -0.2) is 4.68 Å². The molecule has 47 heavy (non-hydrogen) atoms. The van der Waals surface area contributed by atoms with Crippen LogP contribution in [-0.4, -0.2) is 39.1 Å². The summed E-state index contributed by atoms with van der Waals surface area (Å²) in [7, 11) is 1.84. The first-order valence-electron chi connectivity index (χ1n) is 15.7. The molecule has 3 aromatic carbocycles. The Kier molecular flexibility index (Phi) is 10.9. The first kappa shape index (κ1) is 33.2. The van der Waals surface area contributed by atoms with Gasteiger partial charge in [-0.2, -0.15) is 0 Å². The number of aliphatic hydroxyl groups is 1. The van der Waals surface area contributed by atoms with Gasteiger partial charge in [-0.1, -0.05) is 54.6 Å². The second-order valence-corrected chi connectivity index (χ2v) is 11.5. The van der Waals surface area contributed by atoms with Crippen molar-refractivity contribution in [3.05, 3.63) is 123 Å². The van der Waals surface area contributed by atoms with Gasteiger partial charge in [-0.05, 0) is 61.2 Å². The SMILES string of the molecule is Cc1c([C@@H]2C=C(C(=O)NCCCCC(=O)Nc3ccccc3N)O[C@H](OCc3ccc(CO)cc3)C2)c(=O)n(-c2ccccc2)n1C. The monoisotopic (exact) mass is 639 g/mol. The van der Waals surface area contributed by atoms with E-state index in [-0.39, 0.29) is 36.9 Å². The normalized spacial score (nSPS) is 15.9. The summed E-state index contributed by atoms with van der Waals surface area (Å²) in [4.78, 5) is 39.5. The number of para-hydroxylation sites is 3. The minimum absolute atomic E-state index is 0.0508. The first-order chi connectivity index (χ1) is 22.7. The molecule has 5 rings (SSSR count). The Morgan fingerprint density at radius 3 is 2.43 bits per heavy atom. The number of unbranched alkanes of at least 4 members (excludes halogenated alkanes) is 1. The van der Waals surface area contributed by atoms with Crippen molar-refractivity contribution < 1.29 is 24.2 Å². The van der Waals surface area contributed by atoms with Crippen molar-refractivity contribution in [1.82, 2.24) is 14.7 Å². The number of aliphatic hydroxyl groups excluding tert-OH is 1. The average molecular weight is 640 g/mol. The number of benzene rings is 3. The summed E-state index contributed by atoms with van der Waals surface area (Å²) in [6, 6.07) is 23.8. The predicted molar refractivity (Wildman–Crippen MR) is 180 cm³/mol. The molecule has 2 atom stereocenters. The van der Waals surface area contributed by atoms with E-state index in [0.29, 0.717) is 42.7 Å². The van der Waals surface area contributed by atoms with Gasteiger partial charge < -0.3 is 30.9 Å². The second-order valence-electron chi connectivity index (χ2n) is 11.5. The van der Waals surface area contributed by atoms with Crippen LogP contribution >= 0.6 is 0 Å². The van der Waals surface area contributed by atoms with Gasteiger partial charge in [0.2, 0.25) is 12.2 Å². The Morgan fingerprint density at radius 2 is 1.70 bits per heavy atom. The number of ether oxygens (including phenoxy) is 2. The third-order valence-electron chi connectivity index (χ3n) is 8.24. The maximum atomic E-state index is 13.8. The number of anilines is 2. The summed E-state index contributed by atoms with van der Waals surface area (Å²) >= 11 is 0. The lowest BCUT2D eigenvalue weighted by atomic mass is 9.93. The third kappa shape index (κ3) is 8.18. The Bertz CT molecular complexity index is 1780. The number of rotatable bonds is 13. The number of aromatic nitrogens is 2. The molecule has 2 heterocycles. The number of hydrogen-bond acceptors (Lipinski definition) is 7. The van der Waals surface area contributed by atoms with E-state index < -0.39 is 18.1 Å². The van der Waals surface area contributed by atoms with Crippen molar-refractivity contribution in [3.8, 4) is 5.69 Å². The molecule has 0 unspecified atom stereocenters. The largest absolute Gasteiger partial charge is 0.459 e. The molecule has 0 fully saturated rings. The molecule has 0 saturated carbocycles. The van der Waals surface area contributed by atoms with Crippen LogP contribution in [0.1, 0.15) is 54.0 Å². The van der Waals surface area contributed by atoms with E-state index in [1.54, 1.807) is 35.0 Å². The van der Waals surface area contributed by atoms with Gasteiger partial charge >= 0.3 is 0 Å². The Hall–Kier alpha value is -5.13. The van der Waals surface area contributed by atoms with Crippen LogP contribution in [0.3, 0.4) is 0 Å². The lowest BCUT2D eigenvalue weighted by Crippen LogP contribution is -2.34. The molecule has 11 nitrogen and oxygen atoms in total. The molecule has 246 valence electrons. The van der Waals surface area contributed by atoms with Gasteiger partial charge in [0.1, 0.15) is 0 Å². The zero-order valence-corrected chi connectivity index (χ0v) is 26.6. The third-order valence-corrected chi connectivity index (χ3v) is 8.24. The molecule has 11 heteroatoms. The van der Waals surface area contributed by atoms with E-state index in [1.807, 2.05) is 73.3 Å². The summed E-state index contributed by atoms with van der Waals surface area (Å²) in [6.07, 6.45) is 2.65. The van der Waals surface area contributed by atoms with Crippen LogP contribution in [0.2, 0.25) is 0 Å². The van der Waals surface area contributed by atoms with E-state index >= 15 is 0 Å². The fourth-order valence-corrected chi connectivity index (χ4v) is 5.59. The lowest BCUT2D eigenvalue weighted by molar-refractivity contribution is -0.150. The van der Waals surface area contributed by atoms with Gasteiger partial charge in [-0.3, -0.25) is 19.1 Å². The molecule has 4 aromatic rings. The van der Waals surface area contributed by atoms with Crippen molar-refractivity contribution in [1.29, 1.82) is 0 Å². The minimum Gasteiger partial charge on any atom is -0.459 e. The van der Waals surface area contributed by atoms with Crippen molar-refractivity contribution in [3.63, 3.8) is 0 Å². The Labute approximate surface area is 273 Å². The topological polar surface area (TPSA) is 150 Å². The zero-order valence-electron chi connectivity index (χ0n) is 26.6. The summed E-state index contributed by atoms with van der Waals surface area (Å²) in [5.74, 6) is -0.938. The van der Waals surface area contributed by atoms with Crippen molar-refractivity contribution in [2.24, 2.45) is 7.05 Å². The van der Waals surface area contributed by atoms with Crippen molar-refractivity contribution in [2.45, 2.75) is 58.0 Å². The van der Waals surface area contributed by atoms with Crippen molar-refractivity contribution in [2.75, 3.05) is 17.6 Å². The highest BCUT2D eigenvalue weighted by atomic mass is 16.7. The number of nitrogens with zero attached hydrogens (tertiary/aromatic N) is 2. The Morgan fingerprint density at radius 1 is 1.00 bits per heavy atom. The molecule has 5 N–H and O–H groups in total. The molecule has 0 saturated heterocycles. The minimum atomic E-state index is -0.790. The number of allylic oxidation sites excluding steroid dienone is 1. The second kappa shape index (κ2) is 15.4. The predicted octanol–water partition coefficient (Wildman–Crippen LogP) is 4.41. The van der Waals surface area contributed by atoms with E-state index in [0.717, 1.165) is 22.5 Å². The number of nitrogen functional groups attached to an aromatic ring is 1. The highest BCUT2D eigenvalue weighted by Crippen LogP contribution is 2.32. The molecule has 0 bridgehead atoms. The Balaban J connectivity index is 1.27. The molecule has 2 amide bonds. The standard InChI is InChI=1S/C36H41N5O6/c1-24-34(36(45)41(40(24)2)28-10-4-3-5-11-28)27-20-31(47-33(21-27)46-23-26-17-15-25(22-42)16-18-26)35(44)38-19-9-8-14-32(43)39-30-13-7-6-12-29(30)37/h3-7,10-13,15-18,20,27,33,42H,8-9,14,19,21-23,37H2,1-2H3,(H,38,44)(H,39,43)/t27-,33+/m1/s1. The van der Waals surface area contributed by atoms with Crippen LogP contribution in [-0.2, 0) is 39.3 Å². The van der Waals surface area contributed by atoms with E-state index in [9.17, 15) is 19.5 Å². The number of nitrogens with one attached hydrogen (secondary N) is 2. The van der Waals surface area contributed by atoms with E-state index in [1.165, 1.54) is 0 Å². The molecular weight excluding hydrogens is 598 g/mol. The van der Waals surface area contributed by atoms with Crippen LogP contribution in [0.25, 0.3) is 5.69 Å². The summed E-state index contributed by atoms with van der Waals surface area (Å²) < 4.78 is 15.6. The number of carbonyl (C=O) groups excluding carboxylic acids is 2. The number of amides is 2. The maximum Gasteiger partial charge on any atom is 0.286 e. The van der Waals surface area contributed by atoms with Crippen LogP contribution in [0.5, 0.6) is 0 Å². The fourth-order valence-electron chi connectivity index (χ4n) is 5.59. The summed E-state index contributed by atoms with van der Waals surface area (Å²) in [5.41, 5.74) is 10.5. The highest BCUT2D eigenvalue weighted by molar-refractivity contribution is 5.93. The van der Waals surface area contributed by atoms with Gasteiger partial charge in [-0.15, -0.1) is 0 Å². The molecule has 1 aliphatic heterocycles. The number of hydrogen-bond donors (Lipinski definition) is 4. The fraction of sp³-hybridized carbons (Fsp3) is 0.306. The number of nitrogens with two attached hydrogens (primary N) is 1. The average Bonchev–Trinajstić information content (AvgIpc) is 3.31. The van der Waals surface area contributed by atoms with Gasteiger partial charge in [0.15, 0.2) is 5.76 Å². The van der Waals surface area contributed by atoms with E-state index in [4.69, 9.17) is 15.2 Å².